The van der Waals surface area contributed by atoms with Crippen molar-refractivity contribution in [3.63, 3.8) is 0 Å². The van der Waals surface area contributed by atoms with Gasteiger partial charge >= 0.3 is 0 Å². The van der Waals surface area contributed by atoms with Crippen molar-refractivity contribution >= 4 is 40.5 Å². The summed E-state index contributed by atoms with van der Waals surface area (Å²) >= 11 is 12.0. The maximum absolute atomic E-state index is 12.3. The maximum Gasteiger partial charge on any atom is 0.257 e. The Morgan fingerprint density at radius 1 is 1.26 bits per heavy atom. The number of amides is 1. The summed E-state index contributed by atoms with van der Waals surface area (Å²) in [6.07, 6.45) is 4.02. The highest BCUT2D eigenvalue weighted by Gasteiger charge is 2.10. The molecular formula is C16H17Cl2N3O2. The van der Waals surface area contributed by atoms with Crippen molar-refractivity contribution in [2.75, 3.05) is 30.9 Å². The fraction of sp³-hybridized carbons (Fsp3) is 0.250. The molecule has 23 heavy (non-hydrogen) atoms. The zero-order chi connectivity index (χ0) is 16.7. The van der Waals surface area contributed by atoms with Gasteiger partial charge in [0.15, 0.2) is 0 Å². The maximum atomic E-state index is 12.3. The first-order valence-corrected chi connectivity index (χ1v) is 7.80. The second-order valence-electron chi connectivity index (χ2n) is 4.81. The van der Waals surface area contributed by atoms with Crippen molar-refractivity contribution in [3.05, 3.63) is 52.3 Å². The molecule has 0 aliphatic carbocycles. The van der Waals surface area contributed by atoms with E-state index in [9.17, 15) is 4.79 Å². The van der Waals surface area contributed by atoms with E-state index in [2.05, 4.69) is 15.6 Å². The fourth-order valence-electron chi connectivity index (χ4n) is 1.90. The zero-order valence-corrected chi connectivity index (χ0v) is 14.1. The van der Waals surface area contributed by atoms with E-state index < -0.39 is 0 Å². The second-order valence-corrected chi connectivity index (χ2v) is 5.66. The summed E-state index contributed by atoms with van der Waals surface area (Å²) in [5.74, 6) is -0.304. The van der Waals surface area contributed by atoms with Gasteiger partial charge in [-0.05, 0) is 30.7 Å². The van der Waals surface area contributed by atoms with Crippen molar-refractivity contribution < 1.29 is 9.53 Å². The Morgan fingerprint density at radius 3 is 2.87 bits per heavy atom. The lowest BCUT2D eigenvalue weighted by Gasteiger charge is -2.09. The van der Waals surface area contributed by atoms with Crippen molar-refractivity contribution in [1.82, 2.24) is 4.98 Å². The van der Waals surface area contributed by atoms with E-state index >= 15 is 0 Å². The number of rotatable bonds is 7. The van der Waals surface area contributed by atoms with Crippen LogP contribution < -0.4 is 10.6 Å². The zero-order valence-electron chi connectivity index (χ0n) is 12.6. The summed E-state index contributed by atoms with van der Waals surface area (Å²) in [7, 11) is 1.66. The summed E-state index contributed by atoms with van der Waals surface area (Å²) < 4.78 is 4.99. The Hall–Kier alpha value is -1.82. The van der Waals surface area contributed by atoms with Gasteiger partial charge in [0.1, 0.15) is 0 Å². The first-order valence-electron chi connectivity index (χ1n) is 7.04. The Labute approximate surface area is 145 Å². The lowest BCUT2D eigenvalue weighted by atomic mass is 10.2. The molecule has 2 rings (SSSR count). The van der Waals surface area contributed by atoms with Crippen LogP contribution in [-0.2, 0) is 4.74 Å². The van der Waals surface area contributed by atoms with Crippen LogP contribution in [0.25, 0.3) is 0 Å². The van der Waals surface area contributed by atoms with Gasteiger partial charge in [-0.15, -0.1) is 0 Å². The molecule has 1 aromatic carbocycles. The van der Waals surface area contributed by atoms with Crippen LogP contribution in [0.3, 0.4) is 0 Å². The van der Waals surface area contributed by atoms with Crippen LogP contribution in [-0.4, -0.2) is 31.2 Å². The lowest BCUT2D eigenvalue weighted by molar-refractivity contribution is 0.102. The summed E-state index contributed by atoms with van der Waals surface area (Å²) in [6.45, 7) is 1.41. The van der Waals surface area contributed by atoms with Crippen molar-refractivity contribution in [2.24, 2.45) is 0 Å². The minimum Gasteiger partial charge on any atom is -0.385 e. The number of benzene rings is 1. The molecular weight excluding hydrogens is 337 g/mol. The van der Waals surface area contributed by atoms with E-state index in [0.29, 0.717) is 27.9 Å². The van der Waals surface area contributed by atoms with Crippen LogP contribution in [0.1, 0.15) is 16.8 Å². The van der Waals surface area contributed by atoms with Crippen molar-refractivity contribution in [2.45, 2.75) is 6.42 Å². The molecule has 0 atom stereocenters. The number of halogens is 2. The molecule has 0 radical (unpaired) electrons. The van der Waals surface area contributed by atoms with Gasteiger partial charge in [-0.1, -0.05) is 23.2 Å². The summed E-state index contributed by atoms with van der Waals surface area (Å²) in [6, 6.07) is 6.62. The van der Waals surface area contributed by atoms with E-state index in [1.165, 1.54) is 6.20 Å². The molecule has 1 amide bonds. The minimum atomic E-state index is -0.304. The number of nitrogens with one attached hydrogen (secondary N) is 2. The number of carbonyl (C=O) groups is 1. The van der Waals surface area contributed by atoms with Gasteiger partial charge in [-0.3, -0.25) is 9.78 Å². The topological polar surface area (TPSA) is 63.2 Å². The molecule has 0 unspecified atom stereocenters. The quantitative estimate of drug-likeness (QED) is 0.735. The Balaban J connectivity index is 2.03. The summed E-state index contributed by atoms with van der Waals surface area (Å²) in [5, 5.41) is 6.83. The number of hydrogen-bond donors (Lipinski definition) is 2. The largest absolute Gasteiger partial charge is 0.385 e. The summed E-state index contributed by atoms with van der Waals surface area (Å²) in [4.78, 5) is 16.4. The predicted octanol–water partition coefficient (Wildman–Crippen LogP) is 4.09. The average molecular weight is 354 g/mol. The Kier molecular flexibility index (Phi) is 6.65. The van der Waals surface area contributed by atoms with E-state index in [-0.39, 0.29) is 5.91 Å². The summed E-state index contributed by atoms with van der Waals surface area (Å²) in [5.41, 5.74) is 1.66. The highest BCUT2D eigenvalue weighted by molar-refractivity contribution is 6.35. The van der Waals surface area contributed by atoms with Crippen molar-refractivity contribution in [1.29, 1.82) is 0 Å². The number of methoxy groups -OCH3 is 1. The molecule has 5 nitrogen and oxygen atoms in total. The SMILES string of the molecule is COCCCNc1cncc(C(=O)Nc2cc(Cl)ccc2Cl)c1. The third-order valence-electron chi connectivity index (χ3n) is 3.03. The molecule has 2 N–H and O–H groups in total. The Bertz CT molecular complexity index is 680. The van der Waals surface area contributed by atoms with Gasteiger partial charge < -0.3 is 15.4 Å². The minimum absolute atomic E-state index is 0.304. The molecule has 0 saturated carbocycles. The van der Waals surface area contributed by atoms with Crippen LogP contribution in [0.2, 0.25) is 10.0 Å². The first kappa shape index (κ1) is 17.5. The van der Waals surface area contributed by atoms with Gasteiger partial charge in [0.2, 0.25) is 0 Å². The molecule has 0 aliphatic rings. The molecule has 0 fully saturated rings. The van der Waals surface area contributed by atoms with E-state index in [0.717, 1.165) is 18.7 Å². The molecule has 0 aliphatic heterocycles. The molecule has 122 valence electrons. The normalized spacial score (nSPS) is 10.4. The lowest BCUT2D eigenvalue weighted by Crippen LogP contribution is -2.13. The number of aromatic nitrogens is 1. The predicted molar refractivity (Wildman–Crippen MR) is 93.6 cm³/mol. The Morgan fingerprint density at radius 2 is 2.09 bits per heavy atom. The number of nitrogens with zero attached hydrogens (tertiary/aromatic N) is 1. The van der Waals surface area contributed by atoms with Crippen molar-refractivity contribution in [3.8, 4) is 0 Å². The fourth-order valence-corrected chi connectivity index (χ4v) is 2.23. The van der Waals surface area contributed by atoms with Gasteiger partial charge in [0.25, 0.3) is 5.91 Å². The number of hydrogen-bond acceptors (Lipinski definition) is 4. The number of pyridine rings is 1. The third kappa shape index (κ3) is 5.39. The van der Waals surface area contributed by atoms with Gasteiger partial charge in [0.05, 0.1) is 22.0 Å². The van der Waals surface area contributed by atoms with Crippen LogP contribution in [0.4, 0.5) is 11.4 Å². The van der Waals surface area contributed by atoms with Crippen LogP contribution in [0, 0.1) is 0 Å². The number of anilines is 2. The van der Waals surface area contributed by atoms with Crippen LogP contribution in [0.15, 0.2) is 36.7 Å². The van der Waals surface area contributed by atoms with Gasteiger partial charge in [0, 0.05) is 37.7 Å². The second kappa shape index (κ2) is 8.72. The van der Waals surface area contributed by atoms with E-state index in [1.54, 1.807) is 37.6 Å². The number of ether oxygens (including phenoxy) is 1. The van der Waals surface area contributed by atoms with Crippen LogP contribution >= 0.6 is 23.2 Å². The highest BCUT2D eigenvalue weighted by Crippen LogP contribution is 2.26. The molecule has 7 heteroatoms. The van der Waals surface area contributed by atoms with E-state index in [1.807, 2.05) is 0 Å². The van der Waals surface area contributed by atoms with E-state index in [4.69, 9.17) is 27.9 Å². The molecule has 0 saturated heterocycles. The molecule has 1 heterocycles. The average Bonchev–Trinajstić information content (AvgIpc) is 2.55. The smallest absolute Gasteiger partial charge is 0.257 e. The molecule has 0 spiro atoms. The van der Waals surface area contributed by atoms with Crippen LogP contribution in [0.5, 0.6) is 0 Å². The van der Waals surface area contributed by atoms with Gasteiger partial charge in [-0.2, -0.15) is 0 Å². The molecule has 1 aromatic heterocycles. The molecule has 2 aromatic rings. The third-order valence-corrected chi connectivity index (χ3v) is 3.60. The number of carbonyl (C=O) groups excluding carboxylic acids is 1. The first-order chi connectivity index (χ1) is 11.1. The highest BCUT2D eigenvalue weighted by atomic mass is 35.5. The van der Waals surface area contributed by atoms with Gasteiger partial charge in [-0.25, -0.2) is 0 Å². The monoisotopic (exact) mass is 353 g/mol. The molecule has 0 bridgehead atoms. The standard InChI is InChI=1S/C16H17Cl2N3O2/c1-23-6-2-5-20-13-7-11(9-19-10-13)16(22)21-15-8-12(17)3-4-14(15)18/h3-4,7-10,20H,2,5-6H2,1H3,(H,21,22).